The molecule has 0 aliphatic rings. The molecule has 0 saturated heterocycles. The number of rotatable bonds is 42. The summed E-state index contributed by atoms with van der Waals surface area (Å²) < 4.78 is 17.2. The second-order valence-corrected chi connectivity index (χ2v) is 17.0. The Labute approximate surface area is 368 Å². The van der Waals surface area contributed by atoms with Crippen LogP contribution in [0.25, 0.3) is 0 Å². The smallest absolute Gasteiger partial charge is 0.306 e. The SMILES string of the molecule is CC/C=C/C/C=C/C/C=C/C/C=C/C/C=C/C/C=C/CCCCCCC(=O)OC(COCCC(C(=O)[O-])[N+](C)(C)C)COC(=O)CCCCCCCCCCCCCCC. The number of carboxylic acids is 1. The summed E-state index contributed by atoms with van der Waals surface area (Å²) in [5.74, 6) is -1.77. The number of quaternary nitrogens is 1. The molecule has 0 bridgehead atoms. The third-order valence-electron chi connectivity index (χ3n) is 10.4. The number of aliphatic carboxylic acids is 1. The molecule has 0 radical (unpaired) electrons. The molecule has 0 aromatic carbocycles. The zero-order valence-corrected chi connectivity index (χ0v) is 39.1. The summed E-state index contributed by atoms with van der Waals surface area (Å²) in [4.78, 5) is 36.9. The van der Waals surface area contributed by atoms with Gasteiger partial charge in [-0.15, -0.1) is 0 Å². The molecule has 60 heavy (non-hydrogen) atoms. The first-order chi connectivity index (χ1) is 29.1. The quantitative estimate of drug-likeness (QED) is 0.0261. The molecule has 0 aliphatic carbocycles. The third kappa shape index (κ3) is 40.2. The van der Waals surface area contributed by atoms with Gasteiger partial charge in [-0.3, -0.25) is 9.59 Å². The van der Waals surface area contributed by atoms with E-state index in [0.717, 1.165) is 89.9 Å². The highest BCUT2D eigenvalue weighted by Crippen LogP contribution is 2.14. The molecule has 0 aromatic rings. The zero-order chi connectivity index (χ0) is 44.2. The molecule has 344 valence electrons. The van der Waals surface area contributed by atoms with E-state index in [4.69, 9.17) is 14.2 Å². The van der Waals surface area contributed by atoms with Crippen LogP contribution in [0.1, 0.15) is 187 Å². The minimum absolute atomic E-state index is 0.0284. The molecule has 0 aliphatic heterocycles. The average Bonchev–Trinajstić information content (AvgIpc) is 3.21. The van der Waals surface area contributed by atoms with Crippen molar-refractivity contribution in [1.82, 2.24) is 0 Å². The van der Waals surface area contributed by atoms with Gasteiger partial charge in [0.15, 0.2) is 6.10 Å². The highest BCUT2D eigenvalue weighted by atomic mass is 16.6. The summed E-state index contributed by atoms with van der Waals surface area (Å²) in [6.07, 6.45) is 53.5. The van der Waals surface area contributed by atoms with E-state index in [1.165, 1.54) is 64.2 Å². The van der Waals surface area contributed by atoms with Gasteiger partial charge in [-0.05, 0) is 64.2 Å². The Hall–Kier alpha value is -3.23. The van der Waals surface area contributed by atoms with Gasteiger partial charge in [-0.25, -0.2) is 0 Å². The first kappa shape index (κ1) is 56.8. The van der Waals surface area contributed by atoms with Crippen LogP contribution in [0.4, 0.5) is 0 Å². The number of carbonyl (C=O) groups excluding carboxylic acids is 3. The Kier molecular flexibility index (Phi) is 40.2. The molecule has 8 heteroatoms. The summed E-state index contributed by atoms with van der Waals surface area (Å²) in [5, 5.41) is 11.6. The number of carboxylic acid groups (broad SMARTS) is 1. The predicted octanol–water partition coefficient (Wildman–Crippen LogP) is 12.2. The van der Waals surface area contributed by atoms with Gasteiger partial charge in [0.25, 0.3) is 0 Å². The van der Waals surface area contributed by atoms with Crippen LogP contribution in [-0.2, 0) is 28.6 Å². The number of likely N-dealkylation sites (N-methyl/N-ethyl adjacent to an activating group) is 1. The van der Waals surface area contributed by atoms with Gasteiger partial charge in [0.05, 0.1) is 40.3 Å². The highest BCUT2D eigenvalue weighted by molar-refractivity contribution is 5.70. The van der Waals surface area contributed by atoms with Gasteiger partial charge in [0.2, 0.25) is 0 Å². The Morgan fingerprint density at radius 3 is 1.38 bits per heavy atom. The Bertz CT molecular complexity index is 1210. The maximum Gasteiger partial charge on any atom is 0.306 e. The van der Waals surface area contributed by atoms with E-state index in [1.54, 1.807) is 21.1 Å². The standard InChI is InChI=1S/C52H89NO7/c1-6-8-10-12-14-16-18-20-21-22-23-24-25-26-27-28-29-31-33-35-37-39-41-43-51(55)60-48(46-58-45-44-49(52(56)57)53(3,4)5)47-59-50(54)42-40-38-36-34-32-30-19-17-15-13-11-9-7-2/h8,10,14,16,20-21,23-24,26-27,29,31,48-49H,6-7,9,11-13,15,17-19,22,25,28,30,32-47H2,1-5H3/b10-8+,16-14+,21-20+,24-23+,27-26+,31-29+. The molecule has 2 unspecified atom stereocenters. The molecule has 0 aromatic heterocycles. The first-order valence-electron chi connectivity index (χ1n) is 24.0. The topological polar surface area (TPSA) is 102 Å². The van der Waals surface area contributed by atoms with Crippen molar-refractivity contribution in [3.63, 3.8) is 0 Å². The first-order valence-corrected chi connectivity index (χ1v) is 24.0. The van der Waals surface area contributed by atoms with Gasteiger partial charge >= 0.3 is 11.9 Å². The fraction of sp³-hybridized carbons (Fsp3) is 0.712. The van der Waals surface area contributed by atoms with Gasteiger partial charge in [-0.1, -0.05) is 177 Å². The lowest BCUT2D eigenvalue weighted by Gasteiger charge is -2.34. The van der Waals surface area contributed by atoms with E-state index < -0.39 is 18.1 Å². The van der Waals surface area contributed by atoms with E-state index in [-0.39, 0.29) is 49.1 Å². The third-order valence-corrected chi connectivity index (χ3v) is 10.4. The summed E-state index contributed by atoms with van der Waals surface area (Å²) in [5.41, 5.74) is 0. The van der Waals surface area contributed by atoms with Crippen molar-refractivity contribution in [2.24, 2.45) is 0 Å². The van der Waals surface area contributed by atoms with Crippen LogP contribution in [0.2, 0.25) is 0 Å². The van der Waals surface area contributed by atoms with Crippen LogP contribution >= 0.6 is 0 Å². The van der Waals surface area contributed by atoms with E-state index in [0.29, 0.717) is 6.42 Å². The minimum Gasteiger partial charge on any atom is -0.544 e. The molecule has 0 fully saturated rings. The van der Waals surface area contributed by atoms with Gasteiger partial charge in [0, 0.05) is 19.3 Å². The van der Waals surface area contributed by atoms with Crippen LogP contribution in [0.5, 0.6) is 0 Å². The van der Waals surface area contributed by atoms with E-state index >= 15 is 0 Å². The van der Waals surface area contributed by atoms with E-state index in [2.05, 4.69) is 86.8 Å². The second-order valence-electron chi connectivity index (χ2n) is 17.0. The number of esters is 2. The van der Waals surface area contributed by atoms with E-state index in [9.17, 15) is 19.5 Å². The maximum absolute atomic E-state index is 12.7. The Balaban J connectivity index is 4.35. The summed E-state index contributed by atoms with van der Waals surface area (Å²) in [6, 6.07) is -0.733. The molecular formula is C52H89NO7. The number of unbranched alkanes of at least 4 members (excludes halogenated alkanes) is 16. The van der Waals surface area contributed by atoms with Crippen LogP contribution in [0.3, 0.4) is 0 Å². The lowest BCUT2D eigenvalue weighted by Crippen LogP contribution is -2.55. The summed E-state index contributed by atoms with van der Waals surface area (Å²) in [6.45, 7) is 4.52. The van der Waals surface area contributed by atoms with Gasteiger partial charge in [0.1, 0.15) is 12.6 Å². The minimum atomic E-state index is -1.13. The summed E-state index contributed by atoms with van der Waals surface area (Å²) in [7, 11) is 5.40. The van der Waals surface area contributed by atoms with Crippen molar-refractivity contribution in [3.8, 4) is 0 Å². The molecular weight excluding hydrogens is 751 g/mol. The number of allylic oxidation sites excluding steroid dienone is 12. The zero-order valence-electron chi connectivity index (χ0n) is 39.1. The number of nitrogens with zero attached hydrogens (tertiary/aromatic N) is 1. The number of ether oxygens (including phenoxy) is 3. The number of hydrogen-bond donors (Lipinski definition) is 0. The van der Waals surface area contributed by atoms with E-state index in [1.807, 2.05) is 0 Å². The molecule has 0 heterocycles. The van der Waals surface area contributed by atoms with Crippen LogP contribution in [0, 0.1) is 0 Å². The largest absolute Gasteiger partial charge is 0.544 e. The molecule has 2 atom stereocenters. The normalized spacial score (nSPS) is 13.6. The van der Waals surface area contributed by atoms with Gasteiger partial charge in [-0.2, -0.15) is 0 Å². The molecule has 0 spiro atoms. The fourth-order valence-corrected chi connectivity index (χ4v) is 6.66. The maximum atomic E-state index is 12.7. The van der Waals surface area contributed by atoms with Crippen molar-refractivity contribution in [2.45, 2.75) is 199 Å². The van der Waals surface area contributed by atoms with Crippen LogP contribution in [0.15, 0.2) is 72.9 Å². The average molecular weight is 840 g/mol. The molecule has 0 amide bonds. The van der Waals surface area contributed by atoms with Crippen molar-refractivity contribution < 1.29 is 38.2 Å². The van der Waals surface area contributed by atoms with Crippen molar-refractivity contribution in [3.05, 3.63) is 72.9 Å². The number of hydrogen-bond acceptors (Lipinski definition) is 7. The van der Waals surface area contributed by atoms with Crippen LogP contribution in [-0.4, -0.2) is 75.5 Å². The lowest BCUT2D eigenvalue weighted by molar-refractivity contribution is -0.889. The molecule has 0 N–H and O–H groups in total. The fourth-order valence-electron chi connectivity index (χ4n) is 6.66. The monoisotopic (exact) mass is 840 g/mol. The lowest BCUT2D eigenvalue weighted by atomic mass is 10.0. The number of carbonyl (C=O) groups is 3. The predicted molar refractivity (Wildman–Crippen MR) is 249 cm³/mol. The molecule has 0 saturated carbocycles. The van der Waals surface area contributed by atoms with Crippen molar-refractivity contribution in [1.29, 1.82) is 0 Å². The summed E-state index contributed by atoms with van der Waals surface area (Å²) >= 11 is 0. The van der Waals surface area contributed by atoms with Crippen LogP contribution < -0.4 is 5.11 Å². The van der Waals surface area contributed by atoms with Gasteiger partial charge < -0.3 is 28.6 Å². The second kappa shape index (κ2) is 42.5. The van der Waals surface area contributed by atoms with Crippen molar-refractivity contribution in [2.75, 3.05) is 41.0 Å². The molecule has 0 rings (SSSR count). The molecule has 8 nitrogen and oxygen atoms in total. The van der Waals surface area contributed by atoms with Crippen molar-refractivity contribution >= 4 is 17.9 Å². The highest BCUT2D eigenvalue weighted by Gasteiger charge is 2.25. The Morgan fingerprint density at radius 1 is 0.517 bits per heavy atom. The Morgan fingerprint density at radius 2 is 0.933 bits per heavy atom.